The minimum absolute atomic E-state index is 0.321. The Morgan fingerprint density at radius 2 is 1.91 bits per heavy atom. The van der Waals surface area contributed by atoms with E-state index in [1.807, 2.05) is 18.2 Å². The number of benzene rings is 1. The summed E-state index contributed by atoms with van der Waals surface area (Å²) >= 11 is 0. The fourth-order valence-electron chi connectivity index (χ4n) is 3.37. The summed E-state index contributed by atoms with van der Waals surface area (Å²) < 4.78 is 23.1. The van der Waals surface area contributed by atoms with Crippen molar-refractivity contribution in [3.63, 3.8) is 0 Å². The normalized spacial score (nSPS) is 10.8. The first kappa shape index (κ1) is 23.0. The van der Waals surface area contributed by atoms with Gasteiger partial charge >= 0.3 is 0 Å². The fraction of sp³-hybridized carbons (Fsp3) is 0.250. The highest BCUT2D eigenvalue weighted by Crippen LogP contribution is 2.26. The molecule has 0 unspecified atom stereocenters. The molecule has 0 atom stereocenters. The number of hydrogen-bond acceptors (Lipinski definition) is 8. The Balaban J connectivity index is 1.52. The monoisotopic (exact) mass is 463 g/mol. The molecular weight excluding hydrogens is 438 g/mol. The summed E-state index contributed by atoms with van der Waals surface area (Å²) in [6, 6.07) is 10.8. The van der Waals surface area contributed by atoms with Crippen molar-refractivity contribution in [3.8, 4) is 17.4 Å². The highest BCUT2D eigenvalue weighted by molar-refractivity contribution is 6.06. The Bertz CT molecular complexity index is 1290. The molecule has 0 radical (unpaired) electrons. The number of anilines is 1. The molecule has 10 heteroatoms. The standard InChI is InChI=1S/C24H25N5O5/c1-31-9-10-34-24-20(5-4-8-25-24)28-23(30)18-11-17-14-27-29(22(17)26-13-18)15-16-6-7-19(32-2)12-21(16)33-3/h4-8,11-14H,9-10,15H2,1-3H3,(H,28,30). The summed E-state index contributed by atoms with van der Waals surface area (Å²) in [6.07, 6.45) is 4.79. The van der Waals surface area contributed by atoms with Crippen LogP contribution in [0.1, 0.15) is 15.9 Å². The van der Waals surface area contributed by atoms with Crippen LogP contribution in [0.25, 0.3) is 11.0 Å². The van der Waals surface area contributed by atoms with Crippen LogP contribution in [-0.2, 0) is 11.3 Å². The Labute approximate surface area is 196 Å². The third-order valence-corrected chi connectivity index (χ3v) is 5.10. The average molecular weight is 463 g/mol. The first-order chi connectivity index (χ1) is 16.6. The Hall–Kier alpha value is -4.18. The largest absolute Gasteiger partial charge is 0.497 e. The SMILES string of the molecule is COCCOc1ncccc1NC(=O)c1cnc2c(cnn2Cc2ccc(OC)cc2OC)c1. The number of carbonyl (C=O) groups is 1. The topological polar surface area (TPSA) is 110 Å². The average Bonchev–Trinajstić information content (AvgIpc) is 3.27. The zero-order valence-corrected chi connectivity index (χ0v) is 19.1. The summed E-state index contributed by atoms with van der Waals surface area (Å²) in [5, 5.41) is 8.01. The van der Waals surface area contributed by atoms with E-state index in [-0.39, 0.29) is 5.91 Å². The van der Waals surface area contributed by atoms with Crippen LogP contribution in [0.4, 0.5) is 5.69 Å². The van der Waals surface area contributed by atoms with E-state index in [4.69, 9.17) is 18.9 Å². The molecule has 1 amide bonds. The molecule has 1 N–H and O–H groups in total. The molecule has 1 aromatic carbocycles. The number of amides is 1. The summed E-state index contributed by atoms with van der Waals surface area (Å²) in [5.41, 5.74) is 2.43. The number of methoxy groups -OCH3 is 3. The van der Waals surface area contributed by atoms with Crippen molar-refractivity contribution in [2.45, 2.75) is 6.54 Å². The maximum atomic E-state index is 12.9. The van der Waals surface area contributed by atoms with E-state index >= 15 is 0 Å². The number of nitrogens with zero attached hydrogens (tertiary/aromatic N) is 4. The smallest absolute Gasteiger partial charge is 0.257 e. The van der Waals surface area contributed by atoms with Gasteiger partial charge in [-0.3, -0.25) is 4.79 Å². The fourth-order valence-corrected chi connectivity index (χ4v) is 3.37. The minimum atomic E-state index is -0.330. The first-order valence-electron chi connectivity index (χ1n) is 10.5. The molecule has 0 aliphatic carbocycles. The van der Waals surface area contributed by atoms with Gasteiger partial charge in [0, 0.05) is 36.5 Å². The van der Waals surface area contributed by atoms with Gasteiger partial charge in [0.2, 0.25) is 5.88 Å². The Morgan fingerprint density at radius 3 is 2.71 bits per heavy atom. The lowest BCUT2D eigenvalue weighted by atomic mass is 10.2. The van der Waals surface area contributed by atoms with Crippen molar-refractivity contribution in [2.75, 3.05) is 39.9 Å². The molecule has 0 saturated carbocycles. The van der Waals surface area contributed by atoms with E-state index in [1.54, 1.807) is 56.6 Å². The number of aromatic nitrogens is 4. The molecule has 10 nitrogen and oxygen atoms in total. The van der Waals surface area contributed by atoms with E-state index in [1.165, 1.54) is 6.20 Å². The molecule has 4 aromatic rings. The second-order valence-corrected chi connectivity index (χ2v) is 7.27. The van der Waals surface area contributed by atoms with E-state index in [0.717, 1.165) is 10.9 Å². The van der Waals surface area contributed by atoms with Gasteiger partial charge in [0.15, 0.2) is 5.65 Å². The Kier molecular flexibility index (Phi) is 7.19. The van der Waals surface area contributed by atoms with Crippen LogP contribution in [-0.4, -0.2) is 60.2 Å². The molecule has 3 heterocycles. The van der Waals surface area contributed by atoms with Gasteiger partial charge in [0.1, 0.15) is 23.8 Å². The Morgan fingerprint density at radius 1 is 1.03 bits per heavy atom. The molecular formula is C24H25N5O5. The van der Waals surface area contributed by atoms with Crippen molar-refractivity contribution in [1.82, 2.24) is 19.7 Å². The van der Waals surface area contributed by atoms with Gasteiger partial charge in [-0.15, -0.1) is 0 Å². The predicted octanol–water partition coefficient (Wildman–Crippen LogP) is 3.17. The molecule has 176 valence electrons. The zero-order chi connectivity index (χ0) is 23.9. The molecule has 0 bridgehead atoms. The second-order valence-electron chi connectivity index (χ2n) is 7.27. The third kappa shape index (κ3) is 5.07. The van der Waals surface area contributed by atoms with Gasteiger partial charge in [0.05, 0.1) is 39.1 Å². The van der Waals surface area contributed by atoms with Crippen LogP contribution in [0.3, 0.4) is 0 Å². The summed E-state index contributed by atoms with van der Waals surface area (Å²) in [6.45, 7) is 1.19. The summed E-state index contributed by atoms with van der Waals surface area (Å²) in [4.78, 5) is 21.5. The number of pyridine rings is 2. The van der Waals surface area contributed by atoms with Crippen LogP contribution < -0.4 is 19.5 Å². The minimum Gasteiger partial charge on any atom is -0.497 e. The molecule has 0 aliphatic heterocycles. The molecule has 0 fully saturated rings. The zero-order valence-electron chi connectivity index (χ0n) is 19.1. The number of fused-ring (bicyclic) bond motifs is 1. The summed E-state index contributed by atoms with van der Waals surface area (Å²) in [7, 11) is 4.80. The highest BCUT2D eigenvalue weighted by atomic mass is 16.5. The maximum Gasteiger partial charge on any atom is 0.257 e. The van der Waals surface area contributed by atoms with Gasteiger partial charge in [-0.05, 0) is 30.3 Å². The van der Waals surface area contributed by atoms with E-state index < -0.39 is 0 Å². The first-order valence-corrected chi connectivity index (χ1v) is 10.5. The molecule has 34 heavy (non-hydrogen) atoms. The molecule has 3 aromatic heterocycles. The third-order valence-electron chi connectivity index (χ3n) is 5.10. The second kappa shape index (κ2) is 10.6. The van der Waals surface area contributed by atoms with E-state index in [0.29, 0.717) is 54.0 Å². The number of hydrogen-bond donors (Lipinski definition) is 1. The highest BCUT2D eigenvalue weighted by Gasteiger charge is 2.15. The van der Waals surface area contributed by atoms with Gasteiger partial charge in [0.25, 0.3) is 5.91 Å². The van der Waals surface area contributed by atoms with Gasteiger partial charge in [-0.1, -0.05) is 0 Å². The number of nitrogens with one attached hydrogen (secondary N) is 1. The van der Waals surface area contributed by atoms with Gasteiger partial charge in [-0.25, -0.2) is 14.6 Å². The van der Waals surface area contributed by atoms with Gasteiger partial charge in [-0.2, -0.15) is 5.10 Å². The van der Waals surface area contributed by atoms with E-state index in [9.17, 15) is 4.79 Å². The lowest BCUT2D eigenvalue weighted by Crippen LogP contribution is -2.15. The maximum absolute atomic E-state index is 12.9. The number of carbonyl (C=O) groups excluding carboxylic acids is 1. The van der Waals surface area contributed by atoms with E-state index in [2.05, 4.69) is 20.4 Å². The van der Waals surface area contributed by atoms with Crippen LogP contribution in [0.5, 0.6) is 17.4 Å². The molecule has 0 saturated heterocycles. The lowest BCUT2D eigenvalue weighted by Gasteiger charge is -2.11. The molecule has 4 rings (SSSR count). The van der Waals surface area contributed by atoms with Crippen molar-refractivity contribution in [2.24, 2.45) is 0 Å². The number of ether oxygens (including phenoxy) is 4. The molecule has 0 spiro atoms. The van der Waals surface area contributed by atoms with Crippen LogP contribution >= 0.6 is 0 Å². The van der Waals surface area contributed by atoms with Crippen LogP contribution in [0, 0.1) is 0 Å². The molecule has 0 aliphatic rings. The van der Waals surface area contributed by atoms with Crippen molar-refractivity contribution in [1.29, 1.82) is 0 Å². The van der Waals surface area contributed by atoms with Crippen molar-refractivity contribution >= 4 is 22.6 Å². The lowest BCUT2D eigenvalue weighted by molar-refractivity contribution is 0.102. The van der Waals surface area contributed by atoms with Crippen molar-refractivity contribution in [3.05, 3.63) is 66.1 Å². The van der Waals surface area contributed by atoms with Crippen molar-refractivity contribution < 1.29 is 23.7 Å². The van der Waals surface area contributed by atoms with Gasteiger partial charge < -0.3 is 24.3 Å². The van der Waals surface area contributed by atoms with Crippen LogP contribution in [0.2, 0.25) is 0 Å². The predicted molar refractivity (Wildman–Crippen MR) is 126 cm³/mol. The number of rotatable bonds is 10. The quantitative estimate of drug-likeness (QED) is 0.357. The van der Waals surface area contributed by atoms with Crippen LogP contribution in [0.15, 0.2) is 55.0 Å². The summed E-state index contributed by atoms with van der Waals surface area (Å²) in [5.74, 6) is 1.39.